The van der Waals surface area contributed by atoms with Crippen molar-refractivity contribution >= 4 is 28.7 Å². The number of fused-ring (bicyclic) bond motifs is 1. The van der Waals surface area contributed by atoms with Crippen molar-refractivity contribution in [2.24, 2.45) is 0 Å². The highest BCUT2D eigenvalue weighted by Gasteiger charge is 2.21. The number of carbonyl (C=O) groups excluding carboxylic acids is 1. The summed E-state index contributed by atoms with van der Waals surface area (Å²) in [5.74, 6) is -0.999. The highest BCUT2D eigenvalue weighted by atomic mass is 16.6. The first-order valence-corrected chi connectivity index (χ1v) is 7.19. The van der Waals surface area contributed by atoms with E-state index in [0.29, 0.717) is 16.6 Å². The van der Waals surface area contributed by atoms with Gasteiger partial charge >= 0.3 is 12.1 Å². The standard InChI is InChI=1S/C17H20N2O4/c1-10-6-12(15(20)21)7-11-8-13(9-18-14(10)11)19(5)16(22)23-17(2,3)4/h6-9H,1-5H3,(H,20,21). The number of rotatable bonds is 2. The van der Waals surface area contributed by atoms with E-state index in [-0.39, 0.29) is 5.56 Å². The van der Waals surface area contributed by atoms with Gasteiger partial charge in [-0.25, -0.2) is 9.59 Å². The lowest BCUT2D eigenvalue weighted by molar-refractivity contribution is 0.0588. The zero-order valence-corrected chi connectivity index (χ0v) is 13.9. The second-order valence-electron chi connectivity index (χ2n) is 6.40. The minimum atomic E-state index is -0.999. The van der Waals surface area contributed by atoms with E-state index in [0.717, 1.165) is 5.56 Å². The van der Waals surface area contributed by atoms with Gasteiger partial charge in [0.25, 0.3) is 0 Å². The molecule has 6 heteroatoms. The number of nitrogens with zero attached hydrogens (tertiary/aromatic N) is 2. The summed E-state index contributed by atoms with van der Waals surface area (Å²) < 4.78 is 5.32. The molecule has 0 spiro atoms. The molecule has 0 aliphatic heterocycles. The topological polar surface area (TPSA) is 79.7 Å². The molecule has 1 aromatic heterocycles. The summed E-state index contributed by atoms with van der Waals surface area (Å²) >= 11 is 0. The fraction of sp³-hybridized carbons (Fsp3) is 0.353. The number of carbonyl (C=O) groups is 2. The molecule has 1 amide bonds. The number of carboxylic acids is 1. The highest BCUT2D eigenvalue weighted by Crippen LogP contribution is 2.24. The van der Waals surface area contributed by atoms with E-state index in [2.05, 4.69) is 4.98 Å². The molecule has 0 radical (unpaired) electrons. The number of amides is 1. The van der Waals surface area contributed by atoms with Gasteiger partial charge < -0.3 is 9.84 Å². The molecular formula is C17H20N2O4. The number of hydrogen-bond donors (Lipinski definition) is 1. The van der Waals surface area contributed by atoms with Gasteiger partial charge in [-0.05, 0) is 51.5 Å². The van der Waals surface area contributed by atoms with E-state index in [1.165, 1.54) is 4.90 Å². The fourth-order valence-electron chi connectivity index (χ4n) is 2.16. The molecular weight excluding hydrogens is 296 g/mol. The molecule has 0 saturated carbocycles. The first-order chi connectivity index (χ1) is 10.6. The van der Waals surface area contributed by atoms with E-state index < -0.39 is 17.7 Å². The summed E-state index contributed by atoms with van der Waals surface area (Å²) in [5, 5.41) is 9.82. The van der Waals surface area contributed by atoms with Crippen LogP contribution in [0.1, 0.15) is 36.7 Å². The second-order valence-corrected chi connectivity index (χ2v) is 6.40. The van der Waals surface area contributed by atoms with Gasteiger partial charge in [0.2, 0.25) is 0 Å². The van der Waals surface area contributed by atoms with Crippen molar-refractivity contribution < 1.29 is 19.4 Å². The second kappa shape index (κ2) is 5.87. The Kier molecular flexibility index (Phi) is 4.27. The third-order valence-electron chi connectivity index (χ3n) is 3.26. The third kappa shape index (κ3) is 3.77. The van der Waals surface area contributed by atoms with Crippen LogP contribution in [-0.4, -0.2) is 34.8 Å². The van der Waals surface area contributed by atoms with Crippen molar-refractivity contribution in [1.29, 1.82) is 0 Å². The maximum Gasteiger partial charge on any atom is 0.414 e. The number of ether oxygens (including phenoxy) is 1. The first-order valence-electron chi connectivity index (χ1n) is 7.19. The van der Waals surface area contributed by atoms with Crippen LogP contribution in [-0.2, 0) is 4.74 Å². The Bertz CT molecular complexity index is 778. The SMILES string of the molecule is Cc1cc(C(=O)O)cc2cc(N(C)C(=O)OC(C)(C)C)cnc12. The van der Waals surface area contributed by atoms with Gasteiger partial charge in [-0.2, -0.15) is 0 Å². The van der Waals surface area contributed by atoms with Crippen LogP contribution in [0.2, 0.25) is 0 Å². The quantitative estimate of drug-likeness (QED) is 0.915. The average molecular weight is 316 g/mol. The van der Waals surface area contributed by atoms with Crippen molar-refractivity contribution in [3.8, 4) is 0 Å². The molecule has 6 nitrogen and oxygen atoms in total. The monoisotopic (exact) mass is 316 g/mol. The van der Waals surface area contributed by atoms with Gasteiger partial charge in [-0.15, -0.1) is 0 Å². The van der Waals surface area contributed by atoms with Crippen molar-refractivity contribution in [2.75, 3.05) is 11.9 Å². The van der Waals surface area contributed by atoms with Crippen molar-refractivity contribution in [2.45, 2.75) is 33.3 Å². The molecule has 1 heterocycles. The summed E-state index contributed by atoms with van der Waals surface area (Å²) in [7, 11) is 1.59. The average Bonchev–Trinajstić information content (AvgIpc) is 2.43. The number of aromatic nitrogens is 1. The number of carboxylic acid groups (broad SMARTS) is 1. The molecule has 0 aliphatic carbocycles. The molecule has 0 fully saturated rings. The molecule has 0 saturated heterocycles. The van der Waals surface area contributed by atoms with E-state index in [1.54, 1.807) is 59.1 Å². The van der Waals surface area contributed by atoms with Crippen LogP contribution in [0.4, 0.5) is 10.5 Å². The van der Waals surface area contributed by atoms with Crippen LogP contribution in [0.15, 0.2) is 24.4 Å². The Morgan fingerprint density at radius 3 is 2.43 bits per heavy atom. The summed E-state index contributed by atoms with van der Waals surface area (Å²) in [6.45, 7) is 7.18. The molecule has 2 aromatic rings. The lowest BCUT2D eigenvalue weighted by Crippen LogP contribution is -2.34. The maximum atomic E-state index is 12.1. The molecule has 23 heavy (non-hydrogen) atoms. The minimum absolute atomic E-state index is 0.189. The van der Waals surface area contributed by atoms with Gasteiger partial charge in [-0.1, -0.05) is 0 Å². The molecule has 0 aliphatic rings. The number of aryl methyl sites for hydroxylation is 1. The number of benzene rings is 1. The van der Waals surface area contributed by atoms with E-state index in [1.807, 2.05) is 0 Å². The minimum Gasteiger partial charge on any atom is -0.478 e. The summed E-state index contributed by atoms with van der Waals surface area (Å²) in [4.78, 5) is 29.0. The Labute approximate surface area is 134 Å². The van der Waals surface area contributed by atoms with Gasteiger partial charge in [0.1, 0.15) is 5.60 Å². The van der Waals surface area contributed by atoms with Crippen LogP contribution in [0.5, 0.6) is 0 Å². The largest absolute Gasteiger partial charge is 0.478 e. The van der Waals surface area contributed by atoms with E-state index >= 15 is 0 Å². The summed E-state index contributed by atoms with van der Waals surface area (Å²) in [5.41, 5.74) is 1.60. The van der Waals surface area contributed by atoms with Crippen LogP contribution in [0.25, 0.3) is 10.9 Å². The number of hydrogen-bond acceptors (Lipinski definition) is 4. The van der Waals surface area contributed by atoms with Gasteiger partial charge in [-0.3, -0.25) is 9.88 Å². The Morgan fingerprint density at radius 1 is 1.22 bits per heavy atom. The molecule has 122 valence electrons. The number of aromatic carboxylic acids is 1. The van der Waals surface area contributed by atoms with Gasteiger partial charge in [0.15, 0.2) is 0 Å². The van der Waals surface area contributed by atoms with Crippen molar-refractivity contribution in [3.63, 3.8) is 0 Å². The zero-order valence-electron chi connectivity index (χ0n) is 13.9. The van der Waals surface area contributed by atoms with Crippen molar-refractivity contribution in [3.05, 3.63) is 35.5 Å². The smallest absolute Gasteiger partial charge is 0.414 e. The molecule has 0 atom stereocenters. The van der Waals surface area contributed by atoms with Crippen LogP contribution < -0.4 is 4.90 Å². The maximum absolute atomic E-state index is 12.1. The van der Waals surface area contributed by atoms with E-state index in [9.17, 15) is 9.59 Å². The van der Waals surface area contributed by atoms with Gasteiger partial charge in [0, 0.05) is 12.4 Å². The van der Waals surface area contributed by atoms with Gasteiger partial charge in [0.05, 0.1) is 23.0 Å². The van der Waals surface area contributed by atoms with Crippen LogP contribution in [0.3, 0.4) is 0 Å². The predicted molar refractivity (Wildman–Crippen MR) is 88.1 cm³/mol. The zero-order chi connectivity index (χ0) is 17.4. The summed E-state index contributed by atoms with van der Waals surface area (Å²) in [6.07, 6.45) is 1.07. The normalized spacial score (nSPS) is 11.3. The third-order valence-corrected chi connectivity index (χ3v) is 3.26. The molecule has 2 rings (SSSR count). The highest BCUT2D eigenvalue weighted by molar-refractivity contribution is 5.96. The summed E-state index contributed by atoms with van der Waals surface area (Å²) in [6, 6.07) is 4.85. The number of pyridine rings is 1. The molecule has 0 unspecified atom stereocenters. The first kappa shape index (κ1) is 16.7. The van der Waals surface area contributed by atoms with Crippen LogP contribution >= 0.6 is 0 Å². The molecule has 1 N–H and O–H groups in total. The van der Waals surface area contributed by atoms with E-state index in [4.69, 9.17) is 9.84 Å². The molecule has 1 aromatic carbocycles. The predicted octanol–water partition coefficient (Wildman–Crippen LogP) is 3.61. The molecule has 0 bridgehead atoms. The lowest BCUT2D eigenvalue weighted by Gasteiger charge is -2.24. The number of anilines is 1. The van der Waals surface area contributed by atoms with Crippen molar-refractivity contribution in [1.82, 2.24) is 4.98 Å². The Morgan fingerprint density at radius 2 is 1.87 bits per heavy atom. The van der Waals surface area contributed by atoms with Crippen LogP contribution in [0, 0.1) is 6.92 Å². The lowest BCUT2D eigenvalue weighted by atomic mass is 10.1. The fourth-order valence-corrected chi connectivity index (χ4v) is 2.16. The Balaban J connectivity index is 2.43. The Hall–Kier alpha value is -2.63.